The van der Waals surface area contributed by atoms with Gasteiger partial charge < -0.3 is 14.7 Å². The van der Waals surface area contributed by atoms with Crippen LogP contribution >= 0.6 is 0 Å². The minimum Gasteiger partial charge on any atom is -0.304 e. The molecule has 3 aliphatic rings. The molecular weight excluding hydrogens is 306 g/mol. The van der Waals surface area contributed by atoms with E-state index in [0.29, 0.717) is 0 Å². The van der Waals surface area contributed by atoms with Gasteiger partial charge in [-0.25, -0.2) is 0 Å². The maximum absolute atomic E-state index is 2.80. The van der Waals surface area contributed by atoms with Crippen LogP contribution in [0.3, 0.4) is 0 Å². The Bertz CT molecular complexity index is 359. The Morgan fingerprint density at radius 2 is 1.16 bits per heavy atom. The van der Waals surface area contributed by atoms with Crippen molar-refractivity contribution in [3.05, 3.63) is 0 Å². The molecule has 0 atom stereocenters. The Balaban J connectivity index is 1.30. The fourth-order valence-electron chi connectivity index (χ4n) is 5.43. The molecule has 25 heavy (non-hydrogen) atoms. The summed E-state index contributed by atoms with van der Waals surface area (Å²) in [5, 5.41) is 0. The molecule has 0 aromatic carbocycles. The van der Waals surface area contributed by atoms with Crippen molar-refractivity contribution in [1.29, 1.82) is 0 Å². The summed E-state index contributed by atoms with van der Waals surface area (Å²) in [6.07, 6.45) is 10.2. The second-order valence-electron chi connectivity index (χ2n) is 9.43. The molecule has 0 bridgehead atoms. The molecule has 0 N–H and O–H groups in total. The van der Waals surface area contributed by atoms with Crippen molar-refractivity contribution < 1.29 is 0 Å². The van der Waals surface area contributed by atoms with Gasteiger partial charge in [-0.15, -0.1) is 0 Å². The van der Waals surface area contributed by atoms with Gasteiger partial charge in [-0.05, 0) is 122 Å². The molecule has 146 valence electrons. The zero-order chi connectivity index (χ0) is 17.6. The standard InChI is InChI=1S/C22H43N3/c1-4-23-11-5-20(6-12-23)17-21-7-13-24(14-8-21)18-22-9-15-25(16-10-22)19(2)3/h19-22H,4-18H2,1-3H3. The number of hydrogen-bond donors (Lipinski definition) is 0. The van der Waals surface area contributed by atoms with Crippen molar-refractivity contribution in [1.82, 2.24) is 14.7 Å². The van der Waals surface area contributed by atoms with Gasteiger partial charge in [0.2, 0.25) is 0 Å². The van der Waals surface area contributed by atoms with Gasteiger partial charge in [-0.3, -0.25) is 0 Å². The number of piperidine rings is 3. The third-order valence-corrected chi connectivity index (χ3v) is 7.42. The minimum atomic E-state index is 0.737. The molecular formula is C22H43N3. The molecule has 0 radical (unpaired) electrons. The van der Waals surface area contributed by atoms with Gasteiger partial charge in [-0.2, -0.15) is 0 Å². The Hall–Kier alpha value is -0.120. The van der Waals surface area contributed by atoms with Crippen molar-refractivity contribution in [3.63, 3.8) is 0 Å². The molecule has 3 saturated heterocycles. The Kier molecular flexibility index (Phi) is 7.63. The first-order chi connectivity index (χ1) is 12.1. The largest absolute Gasteiger partial charge is 0.304 e. The van der Waals surface area contributed by atoms with Crippen LogP contribution in [-0.2, 0) is 0 Å². The van der Waals surface area contributed by atoms with Gasteiger partial charge in [0.05, 0.1) is 0 Å². The first kappa shape index (κ1) is 19.6. The van der Waals surface area contributed by atoms with Crippen molar-refractivity contribution in [2.45, 2.75) is 71.8 Å². The molecule has 0 saturated carbocycles. The zero-order valence-electron chi connectivity index (χ0n) is 17.3. The van der Waals surface area contributed by atoms with E-state index >= 15 is 0 Å². The SMILES string of the molecule is CCN1CCC(CC2CCN(CC3CCN(C(C)C)CC3)CC2)CC1. The number of rotatable bonds is 6. The first-order valence-electron chi connectivity index (χ1n) is 11.3. The van der Waals surface area contributed by atoms with Crippen molar-refractivity contribution in [2.75, 3.05) is 52.4 Å². The van der Waals surface area contributed by atoms with Crippen LogP contribution in [0.5, 0.6) is 0 Å². The van der Waals surface area contributed by atoms with E-state index in [9.17, 15) is 0 Å². The van der Waals surface area contributed by atoms with Crippen LogP contribution < -0.4 is 0 Å². The summed E-state index contributed by atoms with van der Waals surface area (Å²) < 4.78 is 0. The smallest absolute Gasteiger partial charge is 0.00385 e. The van der Waals surface area contributed by atoms with Crippen LogP contribution in [-0.4, -0.2) is 73.1 Å². The van der Waals surface area contributed by atoms with E-state index in [0.717, 1.165) is 23.8 Å². The maximum Gasteiger partial charge on any atom is 0.00385 e. The highest BCUT2D eigenvalue weighted by Crippen LogP contribution is 2.30. The van der Waals surface area contributed by atoms with E-state index in [1.165, 1.54) is 97.3 Å². The molecule has 3 heteroatoms. The predicted octanol–water partition coefficient (Wildman–Crippen LogP) is 3.94. The Labute approximate surface area is 157 Å². The summed E-state index contributed by atoms with van der Waals surface area (Å²) in [5.74, 6) is 3.02. The van der Waals surface area contributed by atoms with Crippen LogP contribution in [0.4, 0.5) is 0 Å². The van der Waals surface area contributed by atoms with Gasteiger partial charge in [0.1, 0.15) is 0 Å². The molecule has 0 aromatic rings. The highest BCUT2D eigenvalue weighted by atomic mass is 15.2. The van der Waals surface area contributed by atoms with Crippen LogP contribution in [0, 0.1) is 17.8 Å². The van der Waals surface area contributed by atoms with E-state index < -0.39 is 0 Å². The van der Waals surface area contributed by atoms with Gasteiger partial charge in [0, 0.05) is 12.6 Å². The molecule has 3 aliphatic heterocycles. The second kappa shape index (κ2) is 9.71. The Morgan fingerprint density at radius 1 is 0.680 bits per heavy atom. The molecule has 0 amide bonds. The molecule has 0 unspecified atom stereocenters. The predicted molar refractivity (Wildman–Crippen MR) is 108 cm³/mol. The van der Waals surface area contributed by atoms with E-state index in [1.807, 2.05) is 0 Å². The topological polar surface area (TPSA) is 9.72 Å². The fourth-order valence-corrected chi connectivity index (χ4v) is 5.43. The van der Waals surface area contributed by atoms with Crippen LogP contribution in [0.1, 0.15) is 65.7 Å². The lowest BCUT2D eigenvalue weighted by atomic mass is 9.82. The summed E-state index contributed by atoms with van der Waals surface area (Å²) in [7, 11) is 0. The molecule has 3 fully saturated rings. The highest BCUT2D eigenvalue weighted by Gasteiger charge is 2.27. The third-order valence-electron chi connectivity index (χ3n) is 7.42. The molecule has 3 nitrogen and oxygen atoms in total. The van der Waals surface area contributed by atoms with E-state index in [4.69, 9.17) is 0 Å². The summed E-state index contributed by atoms with van der Waals surface area (Å²) in [5.41, 5.74) is 0. The summed E-state index contributed by atoms with van der Waals surface area (Å²) in [6.45, 7) is 17.8. The number of hydrogen-bond acceptors (Lipinski definition) is 3. The molecule has 0 spiro atoms. The van der Waals surface area contributed by atoms with E-state index in [2.05, 4.69) is 35.5 Å². The number of likely N-dealkylation sites (tertiary alicyclic amines) is 3. The molecule has 0 aliphatic carbocycles. The quantitative estimate of drug-likeness (QED) is 0.719. The number of nitrogens with zero attached hydrogens (tertiary/aromatic N) is 3. The summed E-state index contributed by atoms with van der Waals surface area (Å²) in [6, 6.07) is 0.737. The highest BCUT2D eigenvalue weighted by molar-refractivity contribution is 4.81. The lowest BCUT2D eigenvalue weighted by Crippen LogP contribution is -2.43. The first-order valence-corrected chi connectivity index (χ1v) is 11.3. The molecule has 3 rings (SSSR count). The lowest BCUT2D eigenvalue weighted by molar-refractivity contribution is 0.0950. The summed E-state index contributed by atoms with van der Waals surface area (Å²) in [4.78, 5) is 8.09. The lowest BCUT2D eigenvalue weighted by Gasteiger charge is -2.40. The molecule has 0 aromatic heterocycles. The normalized spacial score (nSPS) is 27.4. The zero-order valence-corrected chi connectivity index (χ0v) is 17.3. The van der Waals surface area contributed by atoms with E-state index in [1.54, 1.807) is 0 Å². The third kappa shape index (κ3) is 5.94. The van der Waals surface area contributed by atoms with Gasteiger partial charge in [-0.1, -0.05) is 6.92 Å². The maximum atomic E-state index is 2.80. The van der Waals surface area contributed by atoms with Crippen molar-refractivity contribution >= 4 is 0 Å². The van der Waals surface area contributed by atoms with Gasteiger partial charge in [0.15, 0.2) is 0 Å². The van der Waals surface area contributed by atoms with Crippen LogP contribution in [0.2, 0.25) is 0 Å². The van der Waals surface area contributed by atoms with Crippen molar-refractivity contribution in [2.24, 2.45) is 17.8 Å². The van der Waals surface area contributed by atoms with Crippen LogP contribution in [0.15, 0.2) is 0 Å². The minimum absolute atomic E-state index is 0.737. The Morgan fingerprint density at radius 3 is 1.64 bits per heavy atom. The second-order valence-corrected chi connectivity index (χ2v) is 9.43. The van der Waals surface area contributed by atoms with Crippen LogP contribution in [0.25, 0.3) is 0 Å². The fraction of sp³-hybridized carbons (Fsp3) is 1.00. The van der Waals surface area contributed by atoms with Gasteiger partial charge >= 0.3 is 0 Å². The average molecular weight is 350 g/mol. The summed E-state index contributed by atoms with van der Waals surface area (Å²) >= 11 is 0. The average Bonchev–Trinajstić information content (AvgIpc) is 2.64. The molecule has 3 heterocycles. The van der Waals surface area contributed by atoms with Gasteiger partial charge in [0.25, 0.3) is 0 Å². The monoisotopic (exact) mass is 349 g/mol. The van der Waals surface area contributed by atoms with E-state index in [-0.39, 0.29) is 0 Å². The van der Waals surface area contributed by atoms with Crippen molar-refractivity contribution in [3.8, 4) is 0 Å².